The van der Waals surface area contributed by atoms with Crippen molar-refractivity contribution in [2.24, 2.45) is 0 Å². The number of aromatic nitrogens is 1. The topological polar surface area (TPSA) is 42.0 Å². The highest BCUT2D eigenvalue weighted by Crippen LogP contribution is 2.21. The van der Waals surface area contributed by atoms with Gasteiger partial charge in [0.05, 0.1) is 5.01 Å². The molecule has 1 N–H and O–H groups in total. The number of alkyl halides is 1. The van der Waals surface area contributed by atoms with Crippen LogP contribution in [0.4, 0.5) is 0 Å². The van der Waals surface area contributed by atoms with E-state index in [1.807, 2.05) is 42.6 Å². The van der Waals surface area contributed by atoms with Crippen LogP contribution < -0.4 is 5.32 Å². The maximum atomic E-state index is 12.0. The largest absolute Gasteiger partial charge is 0.354 e. The van der Waals surface area contributed by atoms with E-state index in [1.54, 1.807) is 17.5 Å². The van der Waals surface area contributed by atoms with E-state index in [0.29, 0.717) is 6.54 Å². The summed E-state index contributed by atoms with van der Waals surface area (Å²) in [4.78, 5) is 16.2. The summed E-state index contributed by atoms with van der Waals surface area (Å²) in [6, 6.07) is 9.34. The summed E-state index contributed by atoms with van der Waals surface area (Å²) in [5.41, 5.74) is 0.809. The smallest absolute Gasteiger partial charge is 0.242 e. The molecule has 0 aliphatic carbocycles. The van der Waals surface area contributed by atoms with Crippen molar-refractivity contribution in [2.75, 3.05) is 6.54 Å². The molecule has 0 bridgehead atoms. The molecule has 0 saturated carbocycles. The van der Waals surface area contributed by atoms with Crippen LogP contribution in [0.25, 0.3) is 0 Å². The number of rotatable bonds is 5. The molecule has 1 amide bonds. The van der Waals surface area contributed by atoms with E-state index in [-0.39, 0.29) is 11.8 Å². The van der Waals surface area contributed by atoms with Gasteiger partial charge in [0.25, 0.3) is 0 Å². The van der Waals surface area contributed by atoms with Crippen LogP contribution >= 0.6 is 22.9 Å². The fourth-order valence-corrected chi connectivity index (χ4v) is 2.60. The molecule has 0 aliphatic heterocycles. The quantitative estimate of drug-likeness (QED) is 0.859. The first-order chi connectivity index (χ1) is 9.18. The van der Waals surface area contributed by atoms with Crippen LogP contribution in [0.1, 0.15) is 28.8 Å². The Morgan fingerprint density at radius 1 is 1.42 bits per heavy atom. The van der Waals surface area contributed by atoms with Crippen molar-refractivity contribution in [2.45, 2.75) is 18.2 Å². The van der Waals surface area contributed by atoms with Gasteiger partial charge < -0.3 is 5.32 Å². The minimum absolute atomic E-state index is 0.170. The maximum absolute atomic E-state index is 12.0. The zero-order chi connectivity index (χ0) is 13.7. The number of nitrogens with zero attached hydrogens (tertiary/aromatic N) is 1. The molecule has 0 spiro atoms. The van der Waals surface area contributed by atoms with Crippen LogP contribution in [-0.2, 0) is 4.79 Å². The van der Waals surface area contributed by atoms with Gasteiger partial charge in [-0.25, -0.2) is 4.98 Å². The standard InChI is InChI=1S/C14H15ClN2OS/c1-10(14-16-7-8-19-14)9-17-13(18)12(15)11-5-3-2-4-6-11/h2-8,10,12H,9H2,1H3,(H,17,18). The Balaban J connectivity index is 1.88. The SMILES string of the molecule is CC(CNC(=O)C(Cl)c1ccccc1)c1nccs1. The van der Waals surface area contributed by atoms with E-state index < -0.39 is 5.38 Å². The molecular weight excluding hydrogens is 280 g/mol. The molecule has 19 heavy (non-hydrogen) atoms. The Kier molecular flexibility index (Phi) is 4.93. The molecule has 2 unspecified atom stereocenters. The lowest BCUT2D eigenvalue weighted by atomic mass is 10.1. The molecule has 1 aromatic carbocycles. The van der Waals surface area contributed by atoms with Gasteiger partial charge in [-0.1, -0.05) is 37.3 Å². The van der Waals surface area contributed by atoms with Crippen LogP contribution in [0, 0.1) is 0 Å². The van der Waals surface area contributed by atoms with Crippen molar-refractivity contribution in [3.05, 3.63) is 52.5 Å². The average Bonchev–Trinajstić information content (AvgIpc) is 2.98. The second kappa shape index (κ2) is 6.68. The van der Waals surface area contributed by atoms with Gasteiger partial charge >= 0.3 is 0 Å². The molecule has 0 fully saturated rings. The second-order valence-electron chi connectivity index (χ2n) is 4.29. The molecule has 1 heterocycles. The van der Waals surface area contributed by atoms with E-state index >= 15 is 0 Å². The summed E-state index contributed by atoms with van der Waals surface area (Å²) < 4.78 is 0. The molecule has 0 radical (unpaired) electrons. The van der Waals surface area contributed by atoms with E-state index in [1.165, 1.54) is 0 Å². The van der Waals surface area contributed by atoms with Crippen molar-refractivity contribution >= 4 is 28.8 Å². The molecule has 2 aromatic rings. The highest BCUT2D eigenvalue weighted by molar-refractivity contribution is 7.09. The summed E-state index contributed by atoms with van der Waals surface area (Å²) in [5, 5.41) is 5.17. The molecule has 0 aliphatic rings. The molecule has 5 heteroatoms. The van der Waals surface area contributed by atoms with Crippen molar-refractivity contribution in [1.29, 1.82) is 0 Å². The fourth-order valence-electron chi connectivity index (χ4n) is 1.68. The second-order valence-corrected chi connectivity index (χ2v) is 5.65. The molecular formula is C14H15ClN2OS. The minimum Gasteiger partial charge on any atom is -0.354 e. The van der Waals surface area contributed by atoms with Gasteiger partial charge in [-0.05, 0) is 5.56 Å². The highest BCUT2D eigenvalue weighted by atomic mass is 35.5. The van der Waals surface area contributed by atoms with Crippen LogP contribution in [0.15, 0.2) is 41.9 Å². The van der Waals surface area contributed by atoms with Crippen molar-refractivity contribution < 1.29 is 4.79 Å². The first-order valence-electron chi connectivity index (χ1n) is 6.04. The number of thiazole rings is 1. The Bertz CT molecular complexity index is 516. The van der Waals surface area contributed by atoms with Crippen LogP contribution in [0.2, 0.25) is 0 Å². The molecule has 2 atom stereocenters. The number of halogens is 1. The van der Waals surface area contributed by atoms with Crippen molar-refractivity contribution in [1.82, 2.24) is 10.3 Å². The van der Waals surface area contributed by atoms with Crippen molar-refractivity contribution in [3.8, 4) is 0 Å². The summed E-state index contributed by atoms with van der Waals surface area (Å²) in [6.07, 6.45) is 1.77. The fraction of sp³-hybridized carbons (Fsp3) is 0.286. The van der Waals surface area contributed by atoms with E-state index in [0.717, 1.165) is 10.6 Å². The zero-order valence-corrected chi connectivity index (χ0v) is 12.1. The van der Waals surface area contributed by atoms with Gasteiger partial charge in [-0.2, -0.15) is 0 Å². The normalized spacial score (nSPS) is 13.8. The van der Waals surface area contributed by atoms with E-state index in [9.17, 15) is 4.79 Å². The lowest BCUT2D eigenvalue weighted by Crippen LogP contribution is -2.30. The van der Waals surface area contributed by atoms with Crippen LogP contribution in [0.5, 0.6) is 0 Å². The predicted molar refractivity (Wildman–Crippen MR) is 78.6 cm³/mol. The van der Waals surface area contributed by atoms with E-state index in [4.69, 9.17) is 11.6 Å². The molecule has 100 valence electrons. The van der Waals surface area contributed by atoms with Gasteiger partial charge in [0.15, 0.2) is 0 Å². The molecule has 1 aromatic heterocycles. The average molecular weight is 295 g/mol. The number of hydrogen-bond donors (Lipinski definition) is 1. The number of hydrogen-bond acceptors (Lipinski definition) is 3. The lowest BCUT2D eigenvalue weighted by Gasteiger charge is -2.13. The molecule has 2 rings (SSSR count). The third-order valence-electron chi connectivity index (χ3n) is 2.78. The summed E-state index contributed by atoms with van der Waals surface area (Å²) in [7, 11) is 0. The zero-order valence-electron chi connectivity index (χ0n) is 10.5. The van der Waals surface area contributed by atoms with Crippen LogP contribution in [0.3, 0.4) is 0 Å². The minimum atomic E-state index is -0.648. The van der Waals surface area contributed by atoms with Gasteiger partial charge in [0.1, 0.15) is 5.38 Å². The Morgan fingerprint density at radius 3 is 2.79 bits per heavy atom. The Labute approximate surface area is 121 Å². The summed E-state index contributed by atoms with van der Waals surface area (Å²) in [6.45, 7) is 2.58. The maximum Gasteiger partial charge on any atom is 0.242 e. The highest BCUT2D eigenvalue weighted by Gasteiger charge is 2.18. The number of amides is 1. The van der Waals surface area contributed by atoms with Gasteiger partial charge in [0, 0.05) is 24.0 Å². The van der Waals surface area contributed by atoms with Crippen molar-refractivity contribution in [3.63, 3.8) is 0 Å². The third-order valence-corrected chi connectivity index (χ3v) is 4.24. The Hall–Kier alpha value is -1.39. The Morgan fingerprint density at radius 2 is 2.16 bits per heavy atom. The number of carbonyl (C=O) groups excluding carboxylic acids is 1. The third kappa shape index (κ3) is 3.78. The summed E-state index contributed by atoms with van der Waals surface area (Å²) in [5.74, 6) is 0.0277. The number of benzene rings is 1. The van der Waals surface area contributed by atoms with Gasteiger partial charge in [-0.3, -0.25) is 4.79 Å². The van der Waals surface area contributed by atoms with Gasteiger partial charge in [-0.15, -0.1) is 22.9 Å². The molecule has 3 nitrogen and oxygen atoms in total. The summed E-state index contributed by atoms with van der Waals surface area (Å²) >= 11 is 7.73. The van der Waals surface area contributed by atoms with Gasteiger partial charge in [0.2, 0.25) is 5.91 Å². The predicted octanol–water partition coefficient (Wildman–Crippen LogP) is 3.34. The molecule has 0 saturated heterocycles. The van der Waals surface area contributed by atoms with Crippen LogP contribution in [-0.4, -0.2) is 17.4 Å². The monoisotopic (exact) mass is 294 g/mol. The first kappa shape index (κ1) is 14.0. The van der Waals surface area contributed by atoms with E-state index in [2.05, 4.69) is 10.3 Å². The first-order valence-corrected chi connectivity index (χ1v) is 7.36. The number of nitrogens with one attached hydrogen (secondary N) is 1. The number of carbonyl (C=O) groups is 1. The lowest BCUT2D eigenvalue weighted by molar-refractivity contribution is -0.120.